The van der Waals surface area contributed by atoms with Crippen molar-refractivity contribution < 1.29 is 0 Å². The maximum atomic E-state index is 4.67. The predicted octanol–water partition coefficient (Wildman–Crippen LogP) is 3.86. The number of hydrogen-bond donors (Lipinski definition) is 0. The van der Waals surface area contributed by atoms with Crippen LogP contribution in [-0.2, 0) is 6.54 Å². The molecule has 3 aromatic rings. The standard InChI is InChI=1S/C19H22N4S/c1-14(2)23-11-17(12-23)19-21-9-18(24-19)16-5-3-15(4-6-16)10-22-8-7-20-13-22/h3-9,13-14,17H,10-12H2,1-2H3. The summed E-state index contributed by atoms with van der Waals surface area (Å²) in [6.45, 7) is 7.67. The van der Waals surface area contributed by atoms with Crippen LogP contribution < -0.4 is 0 Å². The van der Waals surface area contributed by atoms with Crippen molar-refractivity contribution in [3.8, 4) is 10.4 Å². The molecular formula is C19H22N4S. The quantitative estimate of drug-likeness (QED) is 0.708. The zero-order valence-electron chi connectivity index (χ0n) is 14.1. The third-order valence-corrected chi connectivity index (χ3v) is 5.88. The molecule has 5 heteroatoms. The van der Waals surface area contributed by atoms with Gasteiger partial charge in [-0.05, 0) is 25.0 Å². The molecule has 0 spiro atoms. The minimum atomic E-state index is 0.617. The molecule has 1 aromatic carbocycles. The largest absolute Gasteiger partial charge is 0.333 e. The van der Waals surface area contributed by atoms with Gasteiger partial charge in [0.2, 0.25) is 0 Å². The van der Waals surface area contributed by atoms with E-state index in [-0.39, 0.29) is 0 Å². The molecule has 0 saturated carbocycles. The van der Waals surface area contributed by atoms with Crippen molar-refractivity contribution in [3.05, 3.63) is 59.8 Å². The van der Waals surface area contributed by atoms with E-state index in [1.165, 1.54) is 21.0 Å². The van der Waals surface area contributed by atoms with Crippen molar-refractivity contribution in [3.63, 3.8) is 0 Å². The number of aromatic nitrogens is 3. The van der Waals surface area contributed by atoms with Crippen molar-refractivity contribution in [2.75, 3.05) is 13.1 Å². The summed E-state index contributed by atoms with van der Waals surface area (Å²) in [5.41, 5.74) is 2.54. The molecule has 0 aliphatic carbocycles. The maximum Gasteiger partial charge on any atom is 0.0987 e. The molecule has 0 unspecified atom stereocenters. The number of benzene rings is 1. The van der Waals surface area contributed by atoms with E-state index in [2.05, 4.69) is 57.5 Å². The van der Waals surface area contributed by atoms with Gasteiger partial charge in [0, 0.05) is 50.2 Å². The zero-order valence-corrected chi connectivity index (χ0v) is 14.9. The highest BCUT2D eigenvalue weighted by molar-refractivity contribution is 7.15. The highest BCUT2D eigenvalue weighted by Crippen LogP contribution is 2.35. The summed E-state index contributed by atoms with van der Waals surface area (Å²) >= 11 is 1.84. The van der Waals surface area contributed by atoms with Gasteiger partial charge in [0.05, 0.1) is 16.2 Å². The second-order valence-electron chi connectivity index (χ2n) is 6.74. The SMILES string of the molecule is CC(C)N1CC(c2ncc(-c3ccc(Cn4ccnc4)cc3)s2)C1. The first kappa shape index (κ1) is 15.5. The molecule has 0 N–H and O–H groups in total. The average molecular weight is 338 g/mol. The smallest absolute Gasteiger partial charge is 0.0987 e. The number of hydrogen-bond acceptors (Lipinski definition) is 4. The summed E-state index contributed by atoms with van der Waals surface area (Å²) < 4.78 is 2.08. The summed E-state index contributed by atoms with van der Waals surface area (Å²) in [6.07, 6.45) is 7.68. The molecule has 0 bridgehead atoms. The lowest BCUT2D eigenvalue weighted by Gasteiger charge is -2.41. The van der Waals surface area contributed by atoms with Gasteiger partial charge in [-0.3, -0.25) is 4.90 Å². The van der Waals surface area contributed by atoms with Gasteiger partial charge in [-0.1, -0.05) is 24.3 Å². The van der Waals surface area contributed by atoms with Gasteiger partial charge in [-0.25, -0.2) is 9.97 Å². The Hall–Kier alpha value is -1.98. The highest BCUT2D eigenvalue weighted by atomic mass is 32.1. The fourth-order valence-electron chi connectivity index (χ4n) is 3.07. The van der Waals surface area contributed by atoms with Crippen LogP contribution in [0.3, 0.4) is 0 Å². The first-order valence-corrected chi connectivity index (χ1v) is 9.25. The van der Waals surface area contributed by atoms with Crippen LogP contribution in [0.25, 0.3) is 10.4 Å². The van der Waals surface area contributed by atoms with Gasteiger partial charge in [-0.2, -0.15) is 0 Å². The molecule has 4 nitrogen and oxygen atoms in total. The first-order valence-electron chi connectivity index (χ1n) is 8.44. The molecule has 1 fully saturated rings. The normalized spacial score (nSPS) is 15.8. The summed E-state index contributed by atoms with van der Waals surface area (Å²) in [6, 6.07) is 9.43. The summed E-state index contributed by atoms with van der Waals surface area (Å²) in [7, 11) is 0. The van der Waals surface area contributed by atoms with Crippen LogP contribution in [-0.4, -0.2) is 38.6 Å². The van der Waals surface area contributed by atoms with Crippen LogP contribution in [0.15, 0.2) is 49.2 Å². The van der Waals surface area contributed by atoms with Crippen LogP contribution in [0.4, 0.5) is 0 Å². The van der Waals surface area contributed by atoms with Crippen molar-refractivity contribution in [2.24, 2.45) is 0 Å². The predicted molar refractivity (Wildman–Crippen MR) is 98.3 cm³/mol. The number of imidazole rings is 1. The molecule has 1 aliphatic rings. The topological polar surface area (TPSA) is 34.0 Å². The van der Waals surface area contributed by atoms with E-state index < -0.39 is 0 Å². The van der Waals surface area contributed by atoms with Crippen LogP contribution in [0.2, 0.25) is 0 Å². The van der Waals surface area contributed by atoms with Gasteiger partial charge in [-0.15, -0.1) is 11.3 Å². The molecule has 4 rings (SSSR count). The first-order chi connectivity index (χ1) is 11.7. The van der Waals surface area contributed by atoms with E-state index in [0.29, 0.717) is 12.0 Å². The van der Waals surface area contributed by atoms with E-state index in [1.807, 2.05) is 36.3 Å². The van der Waals surface area contributed by atoms with Crippen LogP contribution in [0, 0.1) is 0 Å². The third kappa shape index (κ3) is 3.14. The van der Waals surface area contributed by atoms with Crippen molar-refractivity contribution in [2.45, 2.75) is 32.4 Å². The van der Waals surface area contributed by atoms with Crippen LogP contribution in [0.5, 0.6) is 0 Å². The van der Waals surface area contributed by atoms with E-state index in [4.69, 9.17) is 0 Å². The van der Waals surface area contributed by atoms with Gasteiger partial charge in [0.15, 0.2) is 0 Å². The molecule has 2 aromatic heterocycles. The Morgan fingerprint density at radius 1 is 1.21 bits per heavy atom. The lowest BCUT2D eigenvalue weighted by molar-refractivity contribution is 0.110. The Balaban J connectivity index is 1.43. The Labute approximate surface area is 146 Å². The molecule has 0 atom stereocenters. The van der Waals surface area contributed by atoms with Crippen molar-refractivity contribution in [1.29, 1.82) is 0 Å². The number of thiazole rings is 1. The maximum absolute atomic E-state index is 4.67. The third-order valence-electron chi connectivity index (χ3n) is 4.68. The van der Waals surface area contributed by atoms with E-state index in [1.54, 1.807) is 0 Å². The summed E-state index contributed by atoms with van der Waals surface area (Å²) in [5.74, 6) is 0.617. The van der Waals surface area contributed by atoms with Crippen molar-refractivity contribution >= 4 is 11.3 Å². The number of rotatable bonds is 5. The Morgan fingerprint density at radius 3 is 2.67 bits per heavy atom. The second-order valence-corrected chi connectivity index (χ2v) is 7.80. The minimum absolute atomic E-state index is 0.617. The van der Waals surface area contributed by atoms with Crippen LogP contribution in [0.1, 0.15) is 30.3 Å². The van der Waals surface area contributed by atoms with Crippen molar-refractivity contribution in [1.82, 2.24) is 19.4 Å². The monoisotopic (exact) mass is 338 g/mol. The van der Waals surface area contributed by atoms with Gasteiger partial charge < -0.3 is 4.57 Å². The molecule has 0 radical (unpaired) electrons. The Kier molecular flexibility index (Phi) is 4.21. The van der Waals surface area contributed by atoms with E-state index in [9.17, 15) is 0 Å². The Bertz CT molecular complexity index is 783. The Morgan fingerprint density at radius 2 is 2.00 bits per heavy atom. The molecule has 3 heterocycles. The van der Waals surface area contributed by atoms with Gasteiger partial charge in [0.1, 0.15) is 0 Å². The lowest BCUT2D eigenvalue weighted by Crippen LogP contribution is -2.48. The zero-order chi connectivity index (χ0) is 16.5. The molecule has 24 heavy (non-hydrogen) atoms. The van der Waals surface area contributed by atoms with Gasteiger partial charge >= 0.3 is 0 Å². The van der Waals surface area contributed by atoms with E-state index in [0.717, 1.165) is 19.6 Å². The highest BCUT2D eigenvalue weighted by Gasteiger charge is 2.31. The molecule has 124 valence electrons. The second kappa shape index (κ2) is 6.49. The van der Waals surface area contributed by atoms with E-state index >= 15 is 0 Å². The van der Waals surface area contributed by atoms with Gasteiger partial charge in [0.25, 0.3) is 0 Å². The average Bonchev–Trinajstić information content (AvgIpc) is 3.18. The number of likely N-dealkylation sites (tertiary alicyclic amines) is 1. The minimum Gasteiger partial charge on any atom is -0.333 e. The fourth-order valence-corrected chi connectivity index (χ4v) is 4.07. The lowest BCUT2D eigenvalue weighted by atomic mass is 9.99. The fraction of sp³-hybridized carbons (Fsp3) is 0.368. The molecular weight excluding hydrogens is 316 g/mol. The molecule has 0 amide bonds. The summed E-state index contributed by atoms with van der Waals surface area (Å²) in [4.78, 5) is 12.5. The number of nitrogens with zero attached hydrogens (tertiary/aromatic N) is 4. The summed E-state index contributed by atoms with van der Waals surface area (Å²) in [5, 5.41) is 1.28. The molecule has 1 saturated heterocycles. The molecule has 1 aliphatic heterocycles. The van der Waals surface area contributed by atoms with Crippen LogP contribution >= 0.6 is 11.3 Å².